The van der Waals surface area contributed by atoms with Crippen LogP contribution >= 0.6 is 0 Å². The zero-order chi connectivity index (χ0) is 23.0. The van der Waals surface area contributed by atoms with Crippen molar-refractivity contribution in [3.63, 3.8) is 0 Å². The maximum absolute atomic E-state index is 12.6. The van der Waals surface area contributed by atoms with Crippen molar-refractivity contribution in [2.45, 2.75) is 136 Å². The smallest absolute Gasteiger partial charge is 0.311 e. The van der Waals surface area contributed by atoms with E-state index in [-0.39, 0.29) is 11.9 Å². The van der Waals surface area contributed by atoms with Gasteiger partial charge in [-0.05, 0) is 52.4 Å². The van der Waals surface area contributed by atoms with Crippen LogP contribution in [0.25, 0.3) is 0 Å². The first kappa shape index (κ1) is 29.9. The van der Waals surface area contributed by atoms with Crippen molar-refractivity contribution in [2.75, 3.05) is 6.61 Å². The summed E-state index contributed by atoms with van der Waals surface area (Å²) in [7, 11) is 0. The van der Waals surface area contributed by atoms with Gasteiger partial charge in [-0.25, -0.2) is 0 Å². The van der Waals surface area contributed by atoms with E-state index < -0.39 is 6.29 Å². The van der Waals surface area contributed by atoms with Crippen LogP contribution in [0.4, 0.5) is 0 Å². The molecule has 0 saturated carbocycles. The van der Waals surface area contributed by atoms with E-state index in [1.165, 1.54) is 77.0 Å². The molecule has 3 heteroatoms. The molecule has 0 fully saturated rings. The van der Waals surface area contributed by atoms with Gasteiger partial charge in [0.05, 0.1) is 5.92 Å². The normalized spacial score (nSPS) is 12.1. The van der Waals surface area contributed by atoms with Gasteiger partial charge in [-0.15, -0.1) is 13.2 Å². The lowest BCUT2D eigenvalue weighted by Gasteiger charge is -2.19. The van der Waals surface area contributed by atoms with Gasteiger partial charge in [-0.3, -0.25) is 4.79 Å². The van der Waals surface area contributed by atoms with Crippen molar-refractivity contribution in [3.8, 4) is 0 Å². The van der Waals surface area contributed by atoms with Crippen LogP contribution < -0.4 is 0 Å². The quantitative estimate of drug-likeness (QED) is 0.0655. The van der Waals surface area contributed by atoms with Crippen LogP contribution in [0.3, 0.4) is 0 Å². The maximum Gasteiger partial charge on any atom is 0.311 e. The molecule has 0 saturated heterocycles. The summed E-state index contributed by atoms with van der Waals surface area (Å²) >= 11 is 0. The summed E-state index contributed by atoms with van der Waals surface area (Å²) in [4.78, 5) is 12.6. The summed E-state index contributed by atoms with van der Waals surface area (Å²) < 4.78 is 10.9. The molecule has 0 aliphatic heterocycles. The number of ether oxygens (including phenoxy) is 2. The molecule has 0 amide bonds. The molecular weight excluding hydrogens is 384 g/mol. The van der Waals surface area contributed by atoms with Gasteiger partial charge < -0.3 is 9.47 Å². The highest BCUT2D eigenvalue weighted by Gasteiger charge is 2.21. The van der Waals surface area contributed by atoms with Crippen LogP contribution in [-0.4, -0.2) is 18.9 Å². The summed E-state index contributed by atoms with van der Waals surface area (Å²) in [5.74, 6) is -0.0297. The van der Waals surface area contributed by atoms with Crippen LogP contribution in [-0.2, 0) is 14.3 Å². The van der Waals surface area contributed by atoms with Gasteiger partial charge in [-0.2, -0.15) is 0 Å². The van der Waals surface area contributed by atoms with Crippen LogP contribution in [0.15, 0.2) is 25.3 Å². The van der Waals surface area contributed by atoms with Crippen LogP contribution in [0.5, 0.6) is 0 Å². The zero-order valence-electron chi connectivity index (χ0n) is 20.9. The standard InChI is InChI=1S/C28H52O3/c1-5-8-10-12-14-16-18-20-22-24-27(28(29)31-26(4)30-7-3)25-23-21-19-17-15-13-11-9-6-2/h5-6,26-27H,1-2,7-25H2,3-4H3. The van der Waals surface area contributed by atoms with Gasteiger partial charge >= 0.3 is 5.97 Å². The molecule has 0 N–H and O–H groups in total. The van der Waals surface area contributed by atoms with E-state index in [2.05, 4.69) is 13.2 Å². The van der Waals surface area contributed by atoms with Gasteiger partial charge in [0.15, 0.2) is 6.29 Å². The molecule has 0 aromatic rings. The minimum atomic E-state index is -0.439. The summed E-state index contributed by atoms with van der Waals surface area (Å²) in [5, 5.41) is 0. The minimum Gasteiger partial charge on any atom is -0.436 e. The minimum absolute atomic E-state index is 0.0306. The third-order valence-corrected chi connectivity index (χ3v) is 5.94. The Kier molecular flexibility index (Phi) is 22.7. The highest BCUT2D eigenvalue weighted by Crippen LogP contribution is 2.22. The van der Waals surface area contributed by atoms with Gasteiger partial charge in [0.25, 0.3) is 0 Å². The van der Waals surface area contributed by atoms with Gasteiger partial charge in [-0.1, -0.05) is 89.2 Å². The number of rotatable bonds is 24. The maximum atomic E-state index is 12.6. The van der Waals surface area contributed by atoms with Gasteiger partial charge in [0, 0.05) is 6.61 Å². The fraction of sp³-hybridized carbons (Fsp3) is 0.821. The van der Waals surface area contributed by atoms with Crippen molar-refractivity contribution in [2.24, 2.45) is 5.92 Å². The van der Waals surface area contributed by atoms with Crippen LogP contribution in [0.1, 0.15) is 129 Å². The number of hydrogen-bond donors (Lipinski definition) is 0. The number of esters is 1. The second-order valence-corrected chi connectivity index (χ2v) is 8.84. The molecule has 0 aliphatic rings. The average molecular weight is 437 g/mol. The number of hydrogen-bond acceptors (Lipinski definition) is 3. The second kappa shape index (κ2) is 23.6. The molecule has 3 nitrogen and oxygen atoms in total. The number of carbonyl (C=O) groups excluding carboxylic acids is 1. The van der Waals surface area contributed by atoms with E-state index in [1.54, 1.807) is 0 Å². The van der Waals surface area contributed by atoms with E-state index in [4.69, 9.17) is 9.47 Å². The first-order valence-electron chi connectivity index (χ1n) is 13.2. The van der Waals surface area contributed by atoms with E-state index in [1.807, 2.05) is 26.0 Å². The largest absolute Gasteiger partial charge is 0.436 e. The lowest BCUT2D eigenvalue weighted by atomic mass is 9.94. The van der Waals surface area contributed by atoms with Gasteiger partial charge in [0.1, 0.15) is 0 Å². The average Bonchev–Trinajstić information content (AvgIpc) is 2.75. The Hall–Kier alpha value is -1.09. The molecule has 31 heavy (non-hydrogen) atoms. The molecule has 1 unspecified atom stereocenters. The molecule has 0 heterocycles. The van der Waals surface area contributed by atoms with Crippen molar-refractivity contribution < 1.29 is 14.3 Å². The SMILES string of the molecule is C=CCCCCCCCCCC(CCCCCCCCCC=C)C(=O)OC(C)OCC. The zero-order valence-corrected chi connectivity index (χ0v) is 20.9. The van der Waals surface area contributed by atoms with Gasteiger partial charge in [0.2, 0.25) is 0 Å². The Balaban J connectivity index is 4.06. The molecule has 0 aromatic carbocycles. The molecular formula is C28H52O3. The second-order valence-electron chi connectivity index (χ2n) is 8.84. The summed E-state index contributed by atoms with van der Waals surface area (Å²) in [6.45, 7) is 11.9. The van der Waals surface area contributed by atoms with Crippen molar-refractivity contribution >= 4 is 5.97 Å². The Morgan fingerprint density at radius 1 is 0.710 bits per heavy atom. The monoisotopic (exact) mass is 436 g/mol. The van der Waals surface area contributed by atoms with Crippen molar-refractivity contribution in [3.05, 3.63) is 25.3 Å². The van der Waals surface area contributed by atoms with E-state index in [0.29, 0.717) is 6.61 Å². The Bertz CT molecular complexity index is 392. The Labute approximate surface area is 194 Å². The molecule has 0 bridgehead atoms. The molecule has 0 aromatic heterocycles. The number of allylic oxidation sites excluding steroid dienone is 2. The van der Waals surface area contributed by atoms with Crippen LogP contribution in [0.2, 0.25) is 0 Å². The fourth-order valence-corrected chi connectivity index (χ4v) is 4.04. The lowest BCUT2D eigenvalue weighted by molar-refractivity contribution is -0.179. The predicted octanol–water partition coefficient (Wildman–Crippen LogP) is 8.92. The van der Waals surface area contributed by atoms with Crippen LogP contribution in [0, 0.1) is 5.92 Å². The molecule has 0 spiro atoms. The summed E-state index contributed by atoms with van der Waals surface area (Å²) in [6.07, 6.45) is 25.4. The number of unbranched alkanes of at least 4 members (excludes halogenated alkanes) is 14. The van der Waals surface area contributed by atoms with E-state index >= 15 is 0 Å². The molecule has 182 valence electrons. The summed E-state index contributed by atoms with van der Waals surface area (Å²) in [6, 6.07) is 0. The third-order valence-electron chi connectivity index (χ3n) is 5.94. The first-order valence-corrected chi connectivity index (χ1v) is 13.2. The molecule has 1 atom stereocenters. The fourth-order valence-electron chi connectivity index (χ4n) is 4.04. The first-order chi connectivity index (χ1) is 15.2. The molecule has 0 aliphatic carbocycles. The third kappa shape index (κ3) is 20.6. The van der Waals surface area contributed by atoms with E-state index in [9.17, 15) is 4.79 Å². The molecule has 0 radical (unpaired) electrons. The van der Waals surface area contributed by atoms with Crippen molar-refractivity contribution in [1.82, 2.24) is 0 Å². The number of carbonyl (C=O) groups is 1. The summed E-state index contributed by atoms with van der Waals surface area (Å²) in [5.41, 5.74) is 0. The predicted molar refractivity (Wildman–Crippen MR) is 134 cm³/mol. The van der Waals surface area contributed by atoms with E-state index in [0.717, 1.165) is 38.5 Å². The topological polar surface area (TPSA) is 35.5 Å². The Morgan fingerprint density at radius 3 is 1.48 bits per heavy atom. The highest BCUT2D eigenvalue weighted by atomic mass is 16.7. The molecule has 0 rings (SSSR count). The Morgan fingerprint density at radius 2 is 1.10 bits per heavy atom. The van der Waals surface area contributed by atoms with Crippen molar-refractivity contribution in [1.29, 1.82) is 0 Å². The lowest BCUT2D eigenvalue weighted by Crippen LogP contribution is -2.24. The highest BCUT2D eigenvalue weighted by molar-refractivity contribution is 5.72.